The number of ether oxygens (including phenoxy) is 1. The van der Waals surface area contributed by atoms with Gasteiger partial charge in [0.25, 0.3) is 0 Å². The second-order valence-electron chi connectivity index (χ2n) is 4.36. The minimum absolute atomic E-state index is 0.106. The van der Waals surface area contributed by atoms with Crippen LogP contribution < -0.4 is 0 Å². The predicted octanol–water partition coefficient (Wildman–Crippen LogP) is 1.02. The molecule has 0 bridgehead atoms. The third kappa shape index (κ3) is 2.51. The van der Waals surface area contributed by atoms with Gasteiger partial charge in [-0.15, -0.1) is 0 Å². The van der Waals surface area contributed by atoms with Gasteiger partial charge in [0.05, 0.1) is 24.9 Å². The summed E-state index contributed by atoms with van der Waals surface area (Å²) in [5.41, 5.74) is 0.761. The van der Waals surface area contributed by atoms with Gasteiger partial charge in [-0.3, -0.25) is 4.79 Å². The number of carbonyl (C=O) groups excluding carboxylic acids is 1. The highest BCUT2D eigenvalue weighted by Gasteiger charge is 2.19. The first-order valence-corrected chi connectivity index (χ1v) is 5.63. The zero-order valence-corrected chi connectivity index (χ0v) is 9.85. The lowest BCUT2D eigenvalue weighted by atomic mass is 10.2. The zero-order chi connectivity index (χ0) is 11.5. The Morgan fingerprint density at radius 3 is 3.12 bits per heavy atom. The summed E-state index contributed by atoms with van der Waals surface area (Å²) in [6, 6.07) is 3.76. The molecule has 2 heterocycles. The van der Waals surface area contributed by atoms with Crippen molar-refractivity contribution in [2.24, 2.45) is 0 Å². The van der Waals surface area contributed by atoms with E-state index >= 15 is 0 Å². The quantitative estimate of drug-likeness (QED) is 0.716. The molecular weight excluding hydrogens is 204 g/mol. The molecule has 4 nitrogen and oxygen atoms in total. The molecule has 0 N–H and O–H groups in total. The minimum Gasteiger partial charge on any atom is -0.374 e. The largest absolute Gasteiger partial charge is 0.374 e. The molecular formula is C12H18N2O2. The molecule has 1 aromatic heterocycles. The van der Waals surface area contributed by atoms with Crippen LogP contribution in [0.3, 0.4) is 0 Å². The van der Waals surface area contributed by atoms with Gasteiger partial charge in [0, 0.05) is 26.2 Å². The fourth-order valence-electron chi connectivity index (χ4n) is 2.09. The van der Waals surface area contributed by atoms with Crippen molar-refractivity contribution in [3.8, 4) is 0 Å². The second-order valence-corrected chi connectivity index (χ2v) is 4.36. The first kappa shape index (κ1) is 11.4. The number of Topliss-reactive ketones (excluding diaryl/α,β-unsaturated/α-hetero) is 1. The van der Waals surface area contributed by atoms with Crippen LogP contribution >= 0.6 is 0 Å². The van der Waals surface area contributed by atoms with Gasteiger partial charge in [0.15, 0.2) is 5.78 Å². The van der Waals surface area contributed by atoms with E-state index in [9.17, 15) is 4.79 Å². The van der Waals surface area contributed by atoms with Crippen molar-refractivity contribution in [1.29, 1.82) is 0 Å². The smallest absolute Gasteiger partial charge is 0.176 e. The van der Waals surface area contributed by atoms with Crippen LogP contribution in [0.4, 0.5) is 0 Å². The van der Waals surface area contributed by atoms with E-state index in [0.29, 0.717) is 0 Å². The number of hydrogen-bond donors (Lipinski definition) is 0. The van der Waals surface area contributed by atoms with E-state index in [1.807, 2.05) is 22.9 Å². The van der Waals surface area contributed by atoms with Crippen LogP contribution in [-0.2, 0) is 11.3 Å². The van der Waals surface area contributed by atoms with E-state index in [1.54, 1.807) is 6.92 Å². The number of aromatic nitrogens is 1. The third-order valence-corrected chi connectivity index (χ3v) is 2.93. The Morgan fingerprint density at radius 1 is 1.62 bits per heavy atom. The highest BCUT2D eigenvalue weighted by molar-refractivity contribution is 5.92. The first-order valence-electron chi connectivity index (χ1n) is 5.63. The van der Waals surface area contributed by atoms with Crippen molar-refractivity contribution in [3.05, 3.63) is 24.0 Å². The fraction of sp³-hybridized carbons (Fsp3) is 0.583. The van der Waals surface area contributed by atoms with Crippen molar-refractivity contribution in [3.63, 3.8) is 0 Å². The molecule has 88 valence electrons. The Morgan fingerprint density at radius 2 is 2.44 bits per heavy atom. The molecule has 1 atom stereocenters. The van der Waals surface area contributed by atoms with Crippen LogP contribution in [0.5, 0.6) is 0 Å². The maximum absolute atomic E-state index is 11.4. The van der Waals surface area contributed by atoms with Crippen LogP contribution in [0.25, 0.3) is 0 Å². The molecule has 0 radical (unpaired) electrons. The van der Waals surface area contributed by atoms with Crippen molar-refractivity contribution in [2.75, 3.05) is 26.7 Å². The summed E-state index contributed by atoms with van der Waals surface area (Å²) in [6.45, 7) is 5.04. The predicted molar refractivity (Wildman–Crippen MR) is 61.7 cm³/mol. The zero-order valence-electron chi connectivity index (χ0n) is 9.85. The van der Waals surface area contributed by atoms with Gasteiger partial charge in [-0.2, -0.15) is 0 Å². The molecule has 1 saturated heterocycles. The van der Waals surface area contributed by atoms with E-state index in [2.05, 4.69) is 11.9 Å². The normalized spacial score (nSPS) is 22.2. The SMILES string of the molecule is CC(=O)c1cccn1CC1CN(C)CCO1. The van der Waals surface area contributed by atoms with Gasteiger partial charge in [0.2, 0.25) is 0 Å². The highest BCUT2D eigenvalue weighted by atomic mass is 16.5. The number of ketones is 1. The molecule has 16 heavy (non-hydrogen) atoms. The topological polar surface area (TPSA) is 34.5 Å². The van der Waals surface area contributed by atoms with Crippen LogP contribution in [0.2, 0.25) is 0 Å². The van der Waals surface area contributed by atoms with E-state index in [4.69, 9.17) is 4.74 Å². The van der Waals surface area contributed by atoms with Gasteiger partial charge < -0.3 is 14.2 Å². The summed E-state index contributed by atoms with van der Waals surface area (Å²) in [4.78, 5) is 13.6. The molecule has 0 aromatic carbocycles. The van der Waals surface area contributed by atoms with Crippen LogP contribution in [-0.4, -0.2) is 48.1 Å². The number of likely N-dealkylation sites (N-methyl/N-ethyl adjacent to an activating group) is 1. The van der Waals surface area contributed by atoms with E-state index in [0.717, 1.165) is 31.9 Å². The lowest BCUT2D eigenvalue weighted by molar-refractivity contribution is -0.0275. The summed E-state index contributed by atoms with van der Waals surface area (Å²) < 4.78 is 7.66. The van der Waals surface area contributed by atoms with Crippen molar-refractivity contribution in [2.45, 2.75) is 19.6 Å². The van der Waals surface area contributed by atoms with Gasteiger partial charge in [-0.05, 0) is 19.2 Å². The molecule has 1 unspecified atom stereocenters. The molecule has 1 aliphatic rings. The molecule has 2 rings (SSSR count). The summed E-state index contributed by atoms with van der Waals surface area (Å²) >= 11 is 0. The maximum Gasteiger partial charge on any atom is 0.176 e. The Balaban J connectivity index is 2.02. The van der Waals surface area contributed by atoms with E-state index in [1.165, 1.54) is 0 Å². The Bertz CT molecular complexity index is 373. The van der Waals surface area contributed by atoms with Gasteiger partial charge in [-0.1, -0.05) is 0 Å². The van der Waals surface area contributed by atoms with Crippen LogP contribution in [0, 0.1) is 0 Å². The standard InChI is InChI=1S/C12H18N2O2/c1-10(15)12-4-3-5-14(12)9-11-8-13(2)6-7-16-11/h3-5,11H,6-9H2,1-2H3. The maximum atomic E-state index is 11.4. The van der Waals surface area contributed by atoms with Gasteiger partial charge >= 0.3 is 0 Å². The van der Waals surface area contributed by atoms with Gasteiger partial charge in [-0.25, -0.2) is 0 Å². The van der Waals surface area contributed by atoms with Crippen molar-refractivity contribution >= 4 is 5.78 Å². The molecule has 0 amide bonds. The molecule has 4 heteroatoms. The fourth-order valence-corrected chi connectivity index (χ4v) is 2.09. The lowest BCUT2D eigenvalue weighted by Gasteiger charge is -2.30. The first-order chi connectivity index (χ1) is 7.66. The molecule has 0 saturated carbocycles. The summed E-state index contributed by atoms with van der Waals surface area (Å²) in [6.07, 6.45) is 2.12. The van der Waals surface area contributed by atoms with Crippen LogP contribution in [0.15, 0.2) is 18.3 Å². The van der Waals surface area contributed by atoms with Crippen LogP contribution in [0.1, 0.15) is 17.4 Å². The molecule has 0 spiro atoms. The third-order valence-electron chi connectivity index (χ3n) is 2.93. The number of nitrogens with zero attached hydrogens (tertiary/aromatic N) is 2. The number of rotatable bonds is 3. The summed E-state index contributed by atoms with van der Waals surface area (Å²) in [5.74, 6) is 0.106. The van der Waals surface area contributed by atoms with E-state index in [-0.39, 0.29) is 11.9 Å². The molecule has 1 aromatic rings. The molecule has 1 fully saturated rings. The number of carbonyl (C=O) groups is 1. The Labute approximate surface area is 95.8 Å². The Hall–Kier alpha value is -1.13. The van der Waals surface area contributed by atoms with Gasteiger partial charge in [0.1, 0.15) is 0 Å². The molecule has 0 aliphatic carbocycles. The minimum atomic E-state index is 0.106. The average Bonchev–Trinajstić information content (AvgIpc) is 2.66. The van der Waals surface area contributed by atoms with Crippen molar-refractivity contribution < 1.29 is 9.53 Å². The number of hydrogen-bond acceptors (Lipinski definition) is 3. The molecule has 1 aliphatic heterocycles. The average molecular weight is 222 g/mol. The monoisotopic (exact) mass is 222 g/mol. The van der Waals surface area contributed by atoms with Crippen molar-refractivity contribution in [1.82, 2.24) is 9.47 Å². The highest BCUT2D eigenvalue weighted by Crippen LogP contribution is 2.09. The second kappa shape index (κ2) is 4.80. The van der Waals surface area contributed by atoms with E-state index < -0.39 is 0 Å². The lowest BCUT2D eigenvalue weighted by Crippen LogP contribution is -2.42. The number of morpholine rings is 1. The summed E-state index contributed by atoms with van der Waals surface area (Å²) in [5, 5.41) is 0. The summed E-state index contributed by atoms with van der Waals surface area (Å²) in [7, 11) is 2.09. The Kier molecular flexibility index (Phi) is 3.41.